The molecule has 11 nitrogen and oxygen atoms in total. The number of non-ortho nitro benzene ring substituents is 1. The van der Waals surface area contributed by atoms with Gasteiger partial charge in [-0.3, -0.25) is 24.6 Å². The fourth-order valence-corrected chi connectivity index (χ4v) is 4.72. The van der Waals surface area contributed by atoms with Gasteiger partial charge in [0.1, 0.15) is 36.3 Å². The van der Waals surface area contributed by atoms with Crippen molar-refractivity contribution in [1.82, 2.24) is 4.90 Å². The molecule has 1 saturated heterocycles. The predicted octanol–water partition coefficient (Wildman–Crippen LogP) is 3.73. The van der Waals surface area contributed by atoms with Crippen LogP contribution in [-0.4, -0.2) is 44.8 Å². The van der Waals surface area contributed by atoms with Crippen molar-refractivity contribution in [3.63, 3.8) is 0 Å². The topological polar surface area (TPSA) is 146 Å². The Hall–Kier alpha value is -4.58. The minimum absolute atomic E-state index is 0.101. The molecular formula is C25H20N2O9S. The maximum Gasteiger partial charge on any atom is 0.355 e. The first-order valence-corrected chi connectivity index (χ1v) is 11.7. The molecule has 0 aliphatic carbocycles. The van der Waals surface area contributed by atoms with Crippen molar-refractivity contribution in [2.75, 3.05) is 6.61 Å². The summed E-state index contributed by atoms with van der Waals surface area (Å²) in [5.74, 6) is -1.54. The van der Waals surface area contributed by atoms with E-state index in [9.17, 15) is 29.6 Å². The van der Waals surface area contributed by atoms with Gasteiger partial charge in [0.15, 0.2) is 0 Å². The summed E-state index contributed by atoms with van der Waals surface area (Å²) in [6, 6.07) is 14.2. The second kappa shape index (κ2) is 11.0. The molecule has 12 heteroatoms. The van der Waals surface area contributed by atoms with Crippen LogP contribution in [0.25, 0.3) is 0 Å². The van der Waals surface area contributed by atoms with Gasteiger partial charge in [-0.05, 0) is 29.8 Å². The average Bonchev–Trinajstić information content (AvgIpc) is 2.90. The van der Waals surface area contributed by atoms with Crippen LogP contribution in [0.2, 0.25) is 0 Å². The number of rotatable bonds is 8. The second-order valence-corrected chi connectivity index (χ2v) is 8.87. The Morgan fingerprint density at radius 1 is 1.11 bits per heavy atom. The Bertz CT molecular complexity index is 1330. The number of β-lactam (4-membered cyclic amide) rings is 1. The van der Waals surface area contributed by atoms with Gasteiger partial charge in [-0.2, -0.15) is 0 Å². The zero-order chi connectivity index (χ0) is 26.5. The normalized spacial score (nSPS) is 18.8. The van der Waals surface area contributed by atoms with E-state index in [1.165, 1.54) is 42.4 Å². The van der Waals surface area contributed by atoms with Crippen molar-refractivity contribution in [2.24, 2.45) is 0 Å². The van der Waals surface area contributed by atoms with Crippen molar-refractivity contribution in [3.05, 3.63) is 105 Å². The molecular weight excluding hydrogens is 504 g/mol. The van der Waals surface area contributed by atoms with Crippen LogP contribution < -0.4 is 4.74 Å². The van der Waals surface area contributed by atoms with Crippen molar-refractivity contribution in [2.45, 2.75) is 18.9 Å². The Kier molecular flexibility index (Phi) is 7.58. The monoisotopic (exact) mass is 524 g/mol. The standard InChI is InChI=1S/C25H20N2O9S/c1-15(29)34-13-19-21(11-28)37-24-20(14-35-18-5-3-2-4-6-18)23(30)26(24)22(19)25(31)36-12-16-7-9-17(10-8-16)27(32)33/h2-11,14,24,28H,12-13H2,1H3/b20-14+,21-11-. The van der Waals surface area contributed by atoms with Crippen LogP contribution >= 0.6 is 11.8 Å². The van der Waals surface area contributed by atoms with E-state index in [2.05, 4.69) is 0 Å². The number of para-hydroxylation sites is 1. The molecule has 4 rings (SSSR count). The Morgan fingerprint density at radius 3 is 2.43 bits per heavy atom. The van der Waals surface area contributed by atoms with Crippen molar-refractivity contribution in [1.29, 1.82) is 0 Å². The maximum atomic E-state index is 13.2. The van der Waals surface area contributed by atoms with Gasteiger partial charge in [0, 0.05) is 24.6 Å². The van der Waals surface area contributed by atoms with Gasteiger partial charge in [0.05, 0.1) is 21.7 Å². The lowest BCUT2D eigenvalue weighted by Gasteiger charge is -2.46. The molecule has 1 atom stereocenters. The number of nitrogens with zero attached hydrogens (tertiary/aromatic N) is 2. The second-order valence-electron chi connectivity index (χ2n) is 7.75. The minimum Gasteiger partial charge on any atom is -0.514 e. The maximum absolute atomic E-state index is 13.2. The summed E-state index contributed by atoms with van der Waals surface area (Å²) in [4.78, 5) is 49.4. The third kappa shape index (κ3) is 5.48. The molecule has 1 N–H and O–H groups in total. The summed E-state index contributed by atoms with van der Waals surface area (Å²) in [6.45, 7) is 0.566. The van der Waals surface area contributed by atoms with Crippen LogP contribution in [0.1, 0.15) is 12.5 Å². The molecule has 2 aromatic carbocycles. The molecule has 190 valence electrons. The number of carbonyl (C=O) groups is 3. The van der Waals surface area contributed by atoms with Crippen LogP contribution in [0.15, 0.2) is 88.9 Å². The number of aliphatic hydroxyl groups excluding tert-OH is 1. The highest BCUT2D eigenvalue weighted by Gasteiger charge is 2.52. The van der Waals surface area contributed by atoms with Gasteiger partial charge >= 0.3 is 11.9 Å². The summed E-state index contributed by atoms with van der Waals surface area (Å²) >= 11 is 1.08. The number of fused-ring (bicyclic) bond motifs is 1. The highest BCUT2D eigenvalue weighted by molar-refractivity contribution is 8.04. The molecule has 2 heterocycles. The SMILES string of the molecule is CC(=O)OCC1=C(C(=O)OCc2ccc([N+](=O)[O-])cc2)N2C(=O)/C(=C\Oc3ccccc3)C2S/C1=C\O. The Labute approximate surface area is 214 Å². The van der Waals surface area contributed by atoms with Gasteiger partial charge < -0.3 is 19.3 Å². The number of nitro groups is 1. The van der Waals surface area contributed by atoms with E-state index < -0.39 is 28.1 Å². The van der Waals surface area contributed by atoms with Crippen LogP contribution in [0.5, 0.6) is 5.75 Å². The molecule has 0 bridgehead atoms. The number of benzene rings is 2. The van der Waals surface area contributed by atoms with Gasteiger partial charge in [0.2, 0.25) is 0 Å². The van der Waals surface area contributed by atoms with Crippen LogP contribution in [0, 0.1) is 10.1 Å². The Balaban J connectivity index is 1.60. The lowest BCUT2D eigenvalue weighted by atomic mass is 10.0. The van der Waals surface area contributed by atoms with E-state index in [1.54, 1.807) is 24.3 Å². The largest absolute Gasteiger partial charge is 0.514 e. The van der Waals surface area contributed by atoms with E-state index in [1.807, 2.05) is 6.07 Å². The third-order valence-corrected chi connectivity index (χ3v) is 6.64. The zero-order valence-electron chi connectivity index (χ0n) is 19.4. The first-order chi connectivity index (χ1) is 17.8. The number of carbonyl (C=O) groups excluding carboxylic acids is 3. The van der Waals surface area contributed by atoms with Crippen LogP contribution in [-0.2, 0) is 30.5 Å². The van der Waals surface area contributed by atoms with E-state index >= 15 is 0 Å². The summed E-state index contributed by atoms with van der Waals surface area (Å²) in [7, 11) is 0. The molecule has 0 spiro atoms. The quantitative estimate of drug-likeness (QED) is 0.135. The van der Waals surface area contributed by atoms with Crippen molar-refractivity contribution < 1.29 is 38.6 Å². The fraction of sp³-hybridized carbons (Fsp3) is 0.160. The summed E-state index contributed by atoms with van der Waals surface area (Å²) in [5.41, 5.74) is 0.528. The number of nitro benzene ring substituents is 1. The number of hydrogen-bond donors (Lipinski definition) is 1. The molecule has 1 amide bonds. The Morgan fingerprint density at radius 2 is 1.81 bits per heavy atom. The van der Waals surface area contributed by atoms with Gasteiger partial charge in [-0.15, -0.1) is 0 Å². The first kappa shape index (κ1) is 25.5. The summed E-state index contributed by atoms with van der Waals surface area (Å²) in [5, 5.41) is 20.0. The number of aliphatic hydroxyl groups is 1. The smallest absolute Gasteiger partial charge is 0.355 e. The van der Waals surface area contributed by atoms with E-state index in [-0.39, 0.29) is 40.6 Å². The summed E-state index contributed by atoms with van der Waals surface area (Å²) < 4.78 is 16.0. The highest BCUT2D eigenvalue weighted by atomic mass is 32.2. The van der Waals surface area contributed by atoms with E-state index in [4.69, 9.17) is 14.2 Å². The summed E-state index contributed by atoms with van der Waals surface area (Å²) in [6.07, 6.45) is 2.06. The third-order valence-electron chi connectivity index (χ3n) is 5.34. The highest BCUT2D eigenvalue weighted by Crippen LogP contribution is 2.49. The van der Waals surface area contributed by atoms with Gasteiger partial charge in [-0.1, -0.05) is 30.0 Å². The van der Waals surface area contributed by atoms with Gasteiger partial charge in [-0.25, -0.2) is 4.79 Å². The van der Waals surface area contributed by atoms with E-state index in [0.29, 0.717) is 11.3 Å². The van der Waals surface area contributed by atoms with Crippen LogP contribution in [0.4, 0.5) is 5.69 Å². The molecule has 0 radical (unpaired) electrons. The lowest BCUT2D eigenvalue weighted by molar-refractivity contribution is -0.384. The molecule has 1 fully saturated rings. The van der Waals surface area contributed by atoms with Crippen LogP contribution in [0.3, 0.4) is 0 Å². The number of thioether (sulfide) groups is 1. The number of ether oxygens (including phenoxy) is 3. The first-order valence-electron chi connectivity index (χ1n) is 10.8. The fourth-order valence-electron chi connectivity index (χ4n) is 3.53. The molecule has 0 saturated carbocycles. The average molecular weight is 525 g/mol. The molecule has 2 aliphatic heterocycles. The lowest BCUT2D eigenvalue weighted by Crippen LogP contribution is -2.56. The minimum atomic E-state index is -0.901. The zero-order valence-corrected chi connectivity index (χ0v) is 20.2. The van der Waals surface area contributed by atoms with Gasteiger partial charge in [0.25, 0.3) is 11.6 Å². The molecule has 2 aromatic rings. The van der Waals surface area contributed by atoms with Crippen molar-refractivity contribution in [3.8, 4) is 5.75 Å². The van der Waals surface area contributed by atoms with Crippen molar-refractivity contribution >= 4 is 35.3 Å². The molecule has 1 unspecified atom stereocenters. The molecule has 37 heavy (non-hydrogen) atoms. The number of amides is 1. The number of esters is 2. The molecule has 0 aromatic heterocycles. The van der Waals surface area contributed by atoms with E-state index in [0.717, 1.165) is 18.0 Å². The predicted molar refractivity (Wildman–Crippen MR) is 131 cm³/mol. The number of hydrogen-bond acceptors (Lipinski definition) is 10. The molecule has 2 aliphatic rings.